The van der Waals surface area contributed by atoms with Gasteiger partial charge in [0.25, 0.3) is 0 Å². The third-order valence-corrected chi connectivity index (χ3v) is 2.27. The predicted octanol–water partition coefficient (Wildman–Crippen LogP) is 1.75. The maximum Gasteiger partial charge on any atom is 0.303 e. The quantitative estimate of drug-likeness (QED) is 0.651. The Morgan fingerprint density at radius 3 is 2.60 bits per heavy atom. The van der Waals surface area contributed by atoms with E-state index in [0.717, 1.165) is 6.42 Å². The molecule has 0 radical (unpaired) electrons. The fourth-order valence-corrected chi connectivity index (χ4v) is 1.55. The Morgan fingerprint density at radius 1 is 1.70 bits per heavy atom. The molecule has 0 aliphatic heterocycles. The van der Waals surface area contributed by atoms with Gasteiger partial charge >= 0.3 is 5.97 Å². The highest BCUT2D eigenvalue weighted by Crippen LogP contribution is 2.46. The van der Waals surface area contributed by atoms with Gasteiger partial charge in [-0.2, -0.15) is 0 Å². The molecule has 2 heteroatoms. The summed E-state index contributed by atoms with van der Waals surface area (Å²) in [7, 11) is 0. The Morgan fingerprint density at radius 2 is 2.30 bits per heavy atom. The van der Waals surface area contributed by atoms with E-state index in [-0.39, 0.29) is 0 Å². The van der Waals surface area contributed by atoms with Crippen LogP contribution in [0.2, 0.25) is 0 Å². The summed E-state index contributed by atoms with van der Waals surface area (Å²) in [5.41, 5.74) is 0. The molecule has 0 amide bonds. The Hall–Kier alpha value is -0.530. The van der Waals surface area contributed by atoms with Crippen LogP contribution in [0.5, 0.6) is 0 Å². The van der Waals surface area contributed by atoms with Crippen molar-refractivity contribution in [2.75, 3.05) is 0 Å². The first-order valence-corrected chi connectivity index (χ1v) is 3.83. The lowest BCUT2D eigenvalue weighted by Gasteiger charge is -1.99. The Bertz CT molecular complexity index is 140. The molecule has 0 aromatic heterocycles. The van der Waals surface area contributed by atoms with Gasteiger partial charge in [0.1, 0.15) is 0 Å². The third-order valence-electron chi connectivity index (χ3n) is 2.27. The van der Waals surface area contributed by atoms with Crippen molar-refractivity contribution in [3.05, 3.63) is 0 Å². The van der Waals surface area contributed by atoms with E-state index in [1.165, 1.54) is 0 Å². The molecule has 0 heterocycles. The van der Waals surface area contributed by atoms with Crippen LogP contribution in [0, 0.1) is 17.8 Å². The fourth-order valence-electron chi connectivity index (χ4n) is 1.55. The van der Waals surface area contributed by atoms with Crippen molar-refractivity contribution in [3.8, 4) is 0 Å². The Labute approximate surface area is 61.2 Å². The summed E-state index contributed by atoms with van der Waals surface area (Å²) < 4.78 is 0. The molecule has 1 fully saturated rings. The van der Waals surface area contributed by atoms with Gasteiger partial charge in [-0.3, -0.25) is 4.79 Å². The summed E-state index contributed by atoms with van der Waals surface area (Å²) in [5.74, 6) is 1.20. The number of hydrogen-bond acceptors (Lipinski definition) is 1. The van der Waals surface area contributed by atoms with Crippen molar-refractivity contribution in [3.63, 3.8) is 0 Å². The van der Waals surface area contributed by atoms with Crippen LogP contribution in [0.3, 0.4) is 0 Å². The van der Waals surface area contributed by atoms with Crippen LogP contribution in [-0.2, 0) is 4.79 Å². The summed E-state index contributed by atoms with van der Waals surface area (Å²) in [6, 6.07) is 0. The summed E-state index contributed by atoms with van der Waals surface area (Å²) in [5, 5.41) is 8.42. The highest BCUT2D eigenvalue weighted by Gasteiger charge is 2.40. The first kappa shape index (κ1) is 7.58. The molecule has 1 rings (SSSR count). The zero-order valence-electron chi connectivity index (χ0n) is 6.50. The van der Waals surface area contributed by atoms with E-state index >= 15 is 0 Å². The zero-order valence-corrected chi connectivity index (χ0v) is 6.50. The molecular formula is C8H14O2. The topological polar surface area (TPSA) is 37.3 Å². The van der Waals surface area contributed by atoms with E-state index in [2.05, 4.69) is 13.8 Å². The number of carboxylic acids is 1. The van der Waals surface area contributed by atoms with Crippen molar-refractivity contribution in [2.24, 2.45) is 17.8 Å². The van der Waals surface area contributed by atoms with Gasteiger partial charge in [-0.1, -0.05) is 13.8 Å². The molecule has 2 nitrogen and oxygen atoms in total. The van der Waals surface area contributed by atoms with Crippen LogP contribution in [0.15, 0.2) is 0 Å². The van der Waals surface area contributed by atoms with E-state index in [1.54, 1.807) is 0 Å². The van der Waals surface area contributed by atoms with Crippen molar-refractivity contribution < 1.29 is 9.90 Å². The standard InChI is InChI=1S/C8H14O2/c1-5(2)7-3-6(7)4-8(9)10/h5-7H,3-4H2,1-2H3,(H,9,10). The van der Waals surface area contributed by atoms with Gasteiger partial charge in [0.05, 0.1) is 0 Å². The number of carbonyl (C=O) groups is 1. The minimum atomic E-state index is -0.645. The van der Waals surface area contributed by atoms with E-state index < -0.39 is 5.97 Å². The molecule has 0 saturated heterocycles. The van der Waals surface area contributed by atoms with Crippen LogP contribution >= 0.6 is 0 Å². The molecule has 1 aliphatic rings. The number of rotatable bonds is 3. The van der Waals surface area contributed by atoms with E-state index in [9.17, 15) is 4.79 Å². The molecule has 0 aromatic rings. The molecule has 2 unspecified atom stereocenters. The molecule has 58 valence electrons. The fraction of sp³-hybridized carbons (Fsp3) is 0.875. The summed E-state index contributed by atoms with van der Waals surface area (Å²) >= 11 is 0. The minimum absolute atomic E-state index is 0.378. The number of carboxylic acid groups (broad SMARTS) is 1. The second-order valence-electron chi connectivity index (χ2n) is 3.50. The molecule has 1 aliphatic carbocycles. The molecule has 1 N–H and O–H groups in total. The maximum absolute atomic E-state index is 10.2. The second-order valence-corrected chi connectivity index (χ2v) is 3.50. The summed E-state index contributed by atoms with van der Waals surface area (Å²) in [6.45, 7) is 4.32. The molecular weight excluding hydrogens is 128 g/mol. The van der Waals surface area contributed by atoms with E-state index in [1.807, 2.05) is 0 Å². The van der Waals surface area contributed by atoms with Crippen LogP contribution in [0.1, 0.15) is 26.7 Å². The zero-order chi connectivity index (χ0) is 7.72. The lowest BCUT2D eigenvalue weighted by Crippen LogP contribution is -1.99. The average molecular weight is 142 g/mol. The molecule has 10 heavy (non-hydrogen) atoms. The molecule has 2 atom stereocenters. The first-order valence-electron chi connectivity index (χ1n) is 3.83. The SMILES string of the molecule is CC(C)C1CC1CC(=O)O. The maximum atomic E-state index is 10.2. The van der Waals surface area contributed by atoms with Gasteiger partial charge in [-0.15, -0.1) is 0 Å². The summed E-state index contributed by atoms with van der Waals surface area (Å²) in [6.07, 6.45) is 1.51. The van der Waals surface area contributed by atoms with Gasteiger partial charge in [-0.25, -0.2) is 0 Å². The smallest absolute Gasteiger partial charge is 0.303 e. The normalized spacial score (nSPS) is 30.7. The minimum Gasteiger partial charge on any atom is -0.481 e. The van der Waals surface area contributed by atoms with Crippen molar-refractivity contribution in [2.45, 2.75) is 26.7 Å². The number of aliphatic carboxylic acids is 1. The lowest BCUT2D eigenvalue weighted by molar-refractivity contribution is -0.137. The highest BCUT2D eigenvalue weighted by atomic mass is 16.4. The van der Waals surface area contributed by atoms with Gasteiger partial charge in [0.15, 0.2) is 0 Å². The van der Waals surface area contributed by atoms with Crippen molar-refractivity contribution >= 4 is 5.97 Å². The monoisotopic (exact) mass is 142 g/mol. The van der Waals surface area contributed by atoms with Gasteiger partial charge in [0, 0.05) is 6.42 Å². The highest BCUT2D eigenvalue weighted by molar-refractivity contribution is 5.67. The van der Waals surface area contributed by atoms with Crippen molar-refractivity contribution in [1.82, 2.24) is 0 Å². The predicted molar refractivity (Wildman–Crippen MR) is 38.7 cm³/mol. The second kappa shape index (κ2) is 2.60. The van der Waals surface area contributed by atoms with Crippen LogP contribution in [0.25, 0.3) is 0 Å². The largest absolute Gasteiger partial charge is 0.481 e. The Kier molecular flexibility index (Phi) is 1.97. The Balaban J connectivity index is 2.19. The summed E-state index contributed by atoms with van der Waals surface area (Å²) in [4.78, 5) is 10.2. The van der Waals surface area contributed by atoms with Gasteiger partial charge in [0.2, 0.25) is 0 Å². The third kappa shape index (κ3) is 1.72. The van der Waals surface area contributed by atoms with Crippen molar-refractivity contribution in [1.29, 1.82) is 0 Å². The first-order chi connectivity index (χ1) is 4.61. The van der Waals surface area contributed by atoms with Crippen LogP contribution in [-0.4, -0.2) is 11.1 Å². The average Bonchev–Trinajstić information content (AvgIpc) is 2.43. The molecule has 0 bridgehead atoms. The van der Waals surface area contributed by atoms with Crippen LogP contribution in [0.4, 0.5) is 0 Å². The van der Waals surface area contributed by atoms with Gasteiger partial charge in [-0.05, 0) is 24.2 Å². The molecule has 0 spiro atoms. The lowest BCUT2D eigenvalue weighted by atomic mass is 10.1. The molecule has 0 aromatic carbocycles. The molecule has 1 saturated carbocycles. The number of hydrogen-bond donors (Lipinski definition) is 1. The van der Waals surface area contributed by atoms with E-state index in [0.29, 0.717) is 24.2 Å². The van der Waals surface area contributed by atoms with Crippen LogP contribution < -0.4 is 0 Å². The van der Waals surface area contributed by atoms with E-state index in [4.69, 9.17) is 5.11 Å². The van der Waals surface area contributed by atoms with Gasteiger partial charge < -0.3 is 5.11 Å².